The Kier molecular flexibility index (Phi) is 29.7. The van der Waals surface area contributed by atoms with Gasteiger partial charge in [0.05, 0.1) is 41.7 Å². The molecule has 0 aliphatic carbocycles. The molecule has 0 bridgehead atoms. The van der Waals surface area contributed by atoms with E-state index < -0.39 is 11.7 Å². The summed E-state index contributed by atoms with van der Waals surface area (Å²) in [6.07, 6.45) is 20.5. The second-order valence-electron chi connectivity index (χ2n) is 13.0. The molecule has 0 fully saturated rings. The fraction of sp³-hybridized carbons (Fsp3) is 0.245. The fourth-order valence-electron chi connectivity index (χ4n) is 4.90. The first-order chi connectivity index (χ1) is 30.6. The Bertz CT molecular complexity index is 2290. The number of alkyl halides is 2. The molecule has 0 atom stereocenters. The molecule has 15 heteroatoms. The molecule has 6 aromatic rings. The summed E-state index contributed by atoms with van der Waals surface area (Å²) in [4.78, 5) is 35.8. The van der Waals surface area contributed by atoms with Crippen LogP contribution in [0.25, 0.3) is 33.4 Å². The lowest BCUT2D eigenvalue weighted by Crippen LogP contribution is -2.32. The maximum absolute atomic E-state index is 11.5. The lowest BCUT2D eigenvalue weighted by Gasteiger charge is -2.19. The topological polar surface area (TPSA) is 177 Å². The Hall–Kier alpha value is -6.40. The van der Waals surface area contributed by atoms with Gasteiger partial charge in [-0.25, -0.2) is 4.79 Å². The molecule has 1 amide bonds. The Labute approximate surface area is 393 Å². The maximum atomic E-state index is 11.5. The van der Waals surface area contributed by atoms with E-state index in [0.717, 1.165) is 63.3 Å². The third kappa shape index (κ3) is 23.2. The number of carbonyl (C=O) groups excluding carboxylic acids is 1. The van der Waals surface area contributed by atoms with Crippen molar-refractivity contribution in [3.05, 3.63) is 146 Å². The molecule has 334 valence electrons. The number of ether oxygens (including phenoxy) is 2. The van der Waals surface area contributed by atoms with E-state index in [0.29, 0.717) is 13.1 Å². The van der Waals surface area contributed by atoms with Gasteiger partial charge in [-0.15, -0.1) is 35.6 Å². The summed E-state index contributed by atoms with van der Waals surface area (Å²) in [5.74, 6) is 17.6. The van der Waals surface area contributed by atoms with Crippen molar-refractivity contribution in [1.29, 1.82) is 0 Å². The van der Waals surface area contributed by atoms with Gasteiger partial charge in [-0.2, -0.15) is 0 Å². The van der Waals surface area contributed by atoms with Gasteiger partial charge >= 0.3 is 6.09 Å². The highest BCUT2D eigenvalue weighted by molar-refractivity contribution is 6.40. The highest BCUT2D eigenvalue weighted by Gasteiger charge is 2.15. The number of hydrogen-bond donors (Lipinski definition) is 3. The summed E-state index contributed by atoms with van der Waals surface area (Å²) in [5.41, 5.74) is 19.0. The summed E-state index contributed by atoms with van der Waals surface area (Å²) in [6, 6.07) is 17.4. The number of nitrogens with zero attached hydrogens (tertiary/aromatic N) is 6. The molecular formula is C49H54Cl3N9O3. The molecule has 0 aromatic carbocycles. The average Bonchev–Trinajstić information content (AvgIpc) is 3.31. The van der Waals surface area contributed by atoms with Gasteiger partial charge in [0, 0.05) is 104 Å². The van der Waals surface area contributed by atoms with Crippen molar-refractivity contribution in [2.45, 2.75) is 40.2 Å². The van der Waals surface area contributed by atoms with Gasteiger partial charge in [-0.05, 0) is 106 Å². The van der Waals surface area contributed by atoms with E-state index in [4.69, 9.17) is 44.1 Å². The van der Waals surface area contributed by atoms with E-state index in [1.54, 1.807) is 74.4 Å². The van der Waals surface area contributed by atoms with Gasteiger partial charge in [0.25, 0.3) is 0 Å². The maximum Gasteiger partial charge on any atom is 0.408 e. The summed E-state index contributed by atoms with van der Waals surface area (Å²) in [5, 5.41) is 2.80. The average molecular weight is 923 g/mol. The van der Waals surface area contributed by atoms with E-state index >= 15 is 0 Å². The van der Waals surface area contributed by atoms with E-state index in [1.165, 1.54) is 0 Å². The molecule has 0 unspecified atom stereocenters. The monoisotopic (exact) mass is 921 g/mol. The molecule has 0 spiro atoms. The first kappa shape index (κ1) is 55.6. The number of rotatable bonds is 6. The van der Waals surface area contributed by atoms with Crippen LogP contribution < -0.4 is 16.8 Å². The van der Waals surface area contributed by atoms with Gasteiger partial charge < -0.3 is 26.3 Å². The van der Waals surface area contributed by atoms with Crippen molar-refractivity contribution >= 4 is 41.7 Å². The zero-order valence-electron chi connectivity index (χ0n) is 36.6. The van der Waals surface area contributed by atoms with Crippen molar-refractivity contribution in [2.75, 3.05) is 38.2 Å². The molecule has 5 N–H and O–H groups in total. The Balaban J connectivity index is 0.000000446. The van der Waals surface area contributed by atoms with Crippen LogP contribution >= 0.6 is 35.6 Å². The molecule has 12 nitrogen and oxygen atoms in total. The highest BCUT2D eigenvalue weighted by Crippen LogP contribution is 2.23. The van der Waals surface area contributed by atoms with Gasteiger partial charge in [0.2, 0.25) is 0 Å². The molecule has 6 rings (SSSR count). The van der Waals surface area contributed by atoms with Crippen molar-refractivity contribution in [1.82, 2.24) is 35.2 Å². The molecule has 6 heterocycles. The lowest BCUT2D eigenvalue weighted by atomic mass is 10.0. The van der Waals surface area contributed by atoms with Crippen LogP contribution in [0.5, 0.6) is 0 Å². The van der Waals surface area contributed by atoms with Crippen LogP contribution in [0, 0.1) is 35.5 Å². The number of nitrogens with one attached hydrogen (secondary N) is 1. The summed E-state index contributed by atoms with van der Waals surface area (Å²) in [7, 11) is 0. The number of hydrogen-bond acceptors (Lipinski definition) is 11. The number of nitrogens with two attached hydrogens (primary N) is 2. The molecule has 0 radical (unpaired) electrons. The smallest absolute Gasteiger partial charge is 0.408 e. The highest BCUT2D eigenvalue weighted by atomic mass is 35.5. The minimum Gasteiger partial charge on any atom is -0.444 e. The van der Waals surface area contributed by atoms with Crippen molar-refractivity contribution < 1.29 is 14.3 Å². The van der Waals surface area contributed by atoms with Crippen molar-refractivity contribution in [2.24, 2.45) is 11.5 Å². The third-order valence-electron chi connectivity index (χ3n) is 7.44. The lowest BCUT2D eigenvalue weighted by molar-refractivity contribution is 0.0535. The quantitative estimate of drug-likeness (QED) is 0.108. The summed E-state index contributed by atoms with van der Waals surface area (Å²) in [6.45, 7) is 12.0. The molecule has 64 heavy (non-hydrogen) atoms. The zero-order chi connectivity index (χ0) is 46.0. The number of alkyl carbamates (subject to hydrolysis) is 1. The first-order valence-corrected chi connectivity index (χ1v) is 20.8. The molecule has 0 saturated carbocycles. The molecule has 6 aromatic heterocycles. The Morgan fingerprint density at radius 1 is 0.578 bits per heavy atom. The van der Waals surface area contributed by atoms with Crippen LogP contribution in [-0.2, 0) is 9.47 Å². The predicted octanol–water partition coefficient (Wildman–Crippen LogP) is 8.81. The van der Waals surface area contributed by atoms with Crippen LogP contribution in [0.15, 0.2) is 129 Å². The van der Waals surface area contributed by atoms with Crippen LogP contribution in [0.1, 0.15) is 51.3 Å². The largest absolute Gasteiger partial charge is 0.444 e. The molecule has 0 aliphatic rings. The van der Waals surface area contributed by atoms with Crippen LogP contribution in [0.2, 0.25) is 0 Å². The SMILES string of the molecule is CC(C)(C)OC(=O)NCC#Cc1cnccc1-c1ccncc1.CCOCC.Cl.ClCCl.NCC#Cc1cnccc1-c1ccncc1.NCC#Cc1cnccc1-c1ccncc1. The minimum atomic E-state index is -0.518. The van der Waals surface area contributed by atoms with Gasteiger partial charge in [-0.3, -0.25) is 29.9 Å². The molecule has 0 saturated heterocycles. The van der Waals surface area contributed by atoms with Crippen LogP contribution in [0.4, 0.5) is 4.79 Å². The number of halogens is 3. The standard InChI is InChI=1S/C18H19N3O2.2C13H11N3.C4H10O.CH2Cl2.ClH/c1-18(2,3)23-17(22)21-9-4-5-15-13-20-12-8-16(15)14-6-10-19-11-7-14;2*14-6-1-2-12-10-16-9-5-13(12)11-3-7-15-8-4-11;1-3-5-4-2;2-1-3;/h6-8,10-13H,9H2,1-3H3,(H,21,22);2*3-5,7-10H,6,14H2;3-4H2,1-2H3;1H2;1H. The first-order valence-electron chi connectivity index (χ1n) is 19.7. The van der Waals surface area contributed by atoms with Gasteiger partial charge in [0.1, 0.15) is 5.60 Å². The third-order valence-corrected chi connectivity index (χ3v) is 7.44. The zero-order valence-corrected chi connectivity index (χ0v) is 38.9. The fourth-order valence-corrected chi connectivity index (χ4v) is 4.90. The second kappa shape index (κ2) is 34.1. The number of pyridine rings is 6. The molecular weight excluding hydrogens is 869 g/mol. The Morgan fingerprint density at radius 3 is 1.17 bits per heavy atom. The van der Waals surface area contributed by atoms with Crippen molar-refractivity contribution in [3.8, 4) is 68.9 Å². The van der Waals surface area contributed by atoms with Gasteiger partial charge in [0.15, 0.2) is 0 Å². The van der Waals surface area contributed by atoms with E-state index in [9.17, 15) is 4.79 Å². The Morgan fingerprint density at radius 2 is 0.891 bits per heavy atom. The summed E-state index contributed by atoms with van der Waals surface area (Å²) < 4.78 is 9.98. The minimum absolute atomic E-state index is 0. The summed E-state index contributed by atoms with van der Waals surface area (Å²) >= 11 is 9.53. The normalized spacial score (nSPS) is 9.33. The van der Waals surface area contributed by atoms with E-state index in [1.807, 2.05) is 89.2 Å². The molecule has 0 aliphatic heterocycles. The van der Waals surface area contributed by atoms with Crippen LogP contribution in [-0.4, -0.2) is 79.8 Å². The van der Waals surface area contributed by atoms with Gasteiger partial charge in [-0.1, -0.05) is 35.5 Å². The number of amides is 1. The van der Waals surface area contributed by atoms with Crippen molar-refractivity contribution in [3.63, 3.8) is 0 Å². The second-order valence-corrected chi connectivity index (χ2v) is 13.8. The van der Waals surface area contributed by atoms with Crippen LogP contribution in [0.3, 0.4) is 0 Å². The number of aromatic nitrogens is 6. The predicted molar refractivity (Wildman–Crippen MR) is 261 cm³/mol. The number of carbonyl (C=O) groups is 1. The van der Waals surface area contributed by atoms with E-state index in [2.05, 4.69) is 70.7 Å². The van der Waals surface area contributed by atoms with E-state index in [-0.39, 0.29) is 24.3 Å².